The molecule has 4 nitrogen and oxygen atoms in total. The first-order valence-electron chi connectivity index (χ1n) is 9.99. The summed E-state index contributed by atoms with van der Waals surface area (Å²) in [4.78, 5) is 1.81. The highest BCUT2D eigenvalue weighted by Crippen LogP contribution is 2.21. The zero-order chi connectivity index (χ0) is 20.1. The Morgan fingerprint density at radius 2 is 1.48 bits per heavy atom. The van der Waals surface area contributed by atoms with Gasteiger partial charge in [0.1, 0.15) is 11.4 Å². The molecule has 0 atom stereocenters. The van der Waals surface area contributed by atoms with Crippen molar-refractivity contribution in [1.82, 2.24) is 20.3 Å². The molecule has 0 bridgehead atoms. The molecule has 0 saturated heterocycles. The summed E-state index contributed by atoms with van der Waals surface area (Å²) in [6, 6.07) is 27.3. The Morgan fingerprint density at radius 1 is 0.759 bits per heavy atom. The molecule has 146 valence electrons. The van der Waals surface area contributed by atoms with Gasteiger partial charge in [-0.05, 0) is 30.5 Å². The van der Waals surface area contributed by atoms with E-state index in [2.05, 4.69) is 79.8 Å². The summed E-state index contributed by atoms with van der Waals surface area (Å²) < 4.78 is 0. The predicted molar refractivity (Wildman–Crippen MR) is 117 cm³/mol. The minimum atomic E-state index is 0.671. The van der Waals surface area contributed by atoms with Crippen molar-refractivity contribution >= 4 is 0 Å². The van der Waals surface area contributed by atoms with Gasteiger partial charge < -0.3 is 5.32 Å². The van der Waals surface area contributed by atoms with Gasteiger partial charge in [-0.2, -0.15) is 15.0 Å². The molecule has 0 aliphatic carbocycles. The second-order valence-corrected chi connectivity index (χ2v) is 7.41. The molecule has 1 N–H and O–H groups in total. The Labute approximate surface area is 172 Å². The van der Waals surface area contributed by atoms with Crippen molar-refractivity contribution in [2.45, 2.75) is 33.5 Å². The Balaban J connectivity index is 1.55. The number of aryl methyl sites for hydroxylation is 2. The van der Waals surface area contributed by atoms with Gasteiger partial charge in [-0.25, -0.2) is 0 Å². The van der Waals surface area contributed by atoms with E-state index in [0.29, 0.717) is 13.1 Å². The van der Waals surface area contributed by atoms with Gasteiger partial charge in [-0.3, -0.25) is 0 Å². The van der Waals surface area contributed by atoms with Crippen molar-refractivity contribution in [3.05, 3.63) is 107 Å². The van der Waals surface area contributed by atoms with Crippen LogP contribution in [0.25, 0.3) is 11.3 Å². The fraction of sp³-hybridized carbons (Fsp3) is 0.200. The zero-order valence-electron chi connectivity index (χ0n) is 17.0. The van der Waals surface area contributed by atoms with E-state index in [1.807, 2.05) is 23.0 Å². The predicted octanol–water partition coefficient (Wildman–Crippen LogP) is 4.90. The Bertz CT molecular complexity index is 1070. The summed E-state index contributed by atoms with van der Waals surface area (Å²) in [5.41, 5.74) is 8.04. The van der Waals surface area contributed by atoms with E-state index in [0.717, 1.165) is 23.5 Å². The van der Waals surface area contributed by atoms with Gasteiger partial charge in [0.15, 0.2) is 0 Å². The molecule has 1 heterocycles. The van der Waals surface area contributed by atoms with Crippen molar-refractivity contribution in [3.63, 3.8) is 0 Å². The topological polar surface area (TPSA) is 42.7 Å². The molecule has 4 rings (SSSR count). The quantitative estimate of drug-likeness (QED) is 0.494. The van der Waals surface area contributed by atoms with E-state index in [1.54, 1.807) is 0 Å². The minimum Gasteiger partial charge on any atom is -0.307 e. The van der Waals surface area contributed by atoms with Crippen LogP contribution in [0.5, 0.6) is 0 Å². The molecule has 0 fully saturated rings. The van der Waals surface area contributed by atoms with Crippen LogP contribution in [0.2, 0.25) is 0 Å². The Kier molecular flexibility index (Phi) is 5.82. The maximum atomic E-state index is 4.82. The third kappa shape index (κ3) is 4.79. The molecule has 29 heavy (non-hydrogen) atoms. The minimum absolute atomic E-state index is 0.671. The number of rotatable bonds is 7. The van der Waals surface area contributed by atoms with Gasteiger partial charge in [0, 0.05) is 18.7 Å². The number of hydrogen-bond acceptors (Lipinski definition) is 3. The third-order valence-electron chi connectivity index (χ3n) is 5.09. The molecule has 0 amide bonds. The summed E-state index contributed by atoms with van der Waals surface area (Å²) in [6.45, 7) is 6.38. The molecular formula is C25H26N4. The molecule has 1 aromatic heterocycles. The van der Waals surface area contributed by atoms with Gasteiger partial charge in [0.2, 0.25) is 0 Å². The van der Waals surface area contributed by atoms with Gasteiger partial charge in [0.25, 0.3) is 0 Å². The van der Waals surface area contributed by atoms with Crippen molar-refractivity contribution < 1.29 is 0 Å². The van der Waals surface area contributed by atoms with E-state index >= 15 is 0 Å². The van der Waals surface area contributed by atoms with E-state index in [1.165, 1.54) is 22.3 Å². The highest BCUT2D eigenvalue weighted by Gasteiger charge is 2.13. The average Bonchev–Trinajstić information content (AvgIpc) is 3.14. The number of aromatic nitrogens is 3. The lowest BCUT2D eigenvalue weighted by Crippen LogP contribution is -2.14. The Morgan fingerprint density at radius 3 is 2.24 bits per heavy atom. The lowest BCUT2D eigenvalue weighted by molar-refractivity contribution is 0.575. The largest absolute Gasteiger partial charge is 0.307 e. The van der Waals surface area contributed by atoms with Crippen molar-refractivity contribution in [1.29, 1.82) is 0 Å². The summed E-state index contributed by atoms with van der Waals surface area (Å²) in [5, 5.41) is 13.2. The van der Waals surface area contributed by atoms with E-state index in [-0.39, 0.29) is 0 Å². The lowest BCUT2D eigenvalue weighted by atomic mass is 10.1. The maximum absolute atomic E-state index is 4.82. The van der Waals surface area contributed by atoms with E-state index in [4.69, 9.17) is 10.2 Å². The lowest BCUT2D eigenvalue weighted by Gasteiger charge is -2.05. The smallest absolute Gasteiger partial charge is 0.117 e. The first-order chi connectivity index (χ1) is 14.2. The van der Waals surface area contributed by atoms with Crippen LogP contribution in [-0.2, 0) is 19.6 Å². The van der Waals surface area contributed by atoms with Crippen LogP contribution in [0.4, 0.5) is 0 Å². The van der Waals surface area contributed by atoms with Crippen LogP contribution in [0.3, 0.4) is 0 Å². The highest BCUT2D eigenvalue weighted by molar-refractivity contribution is 5.60. The number of nitrogens with zero attached hydrogens (tertiary/aromatic N) is 3. The van der Waals surface area contributed by atoms with Crippen LogP contribution < -0.4 is 5.32 Å². The normalized spacial score (nSPS) is 11.0. The van der Waals surface area contributed by atoms with Crippen LogP contribution >= 0.6 is 0 Å². The SMILES string of the molecule is Cc1ccc(CNCc2nn(Cc3ccccc3C)nc2-c2ccccc2)cc1. The number of hydrogen-bond donors (Lipinski definition) is 1. The van der Waals surface area contributed by atoms with Crippen molar-refractivity contribution in [2.24, 2.45) is 0 Å². The molecule has 0 unspecified atom stereocenters. The van der Waals surface area contributed by atoms with Crippen LogP contribution in [-0.4, -0.2) is 15.0 Å². The Hall–Kier alpha value is -3.24. The molecule has 0 radical (unpaired) electrons. The molecule has 0 spiro atoms. The standard InChI is InChI=1S/C25H26N4/c1-19-12-14-21(15-13-19)16-26-17-24-25(22-9-4-3-5-10-22)28-29(27-24)18-23-11-7-6-8-20(23)2/h3-15,26H,16-18H2,1-2H3. The molecule has 4 heteroatoms. The first kappa shape index (κ1) is 19.1. The summed E-state index contributed by atoms with van der Waals surface area (Å²) in [6.07, 6.45) is 0. The molecular weight excluding hydrogens is 356 g/mol. The molecule has 4 aromatic rings. The van der Waals surface area contributed by atoms with Gasteiger partial charge in [-0.15, -0.1) is 0 Å². The monoisotopic (exact) mass is 382 g/mol. The fourth-order valence-electron chi connectivity index (χ4n) is 3.36. The highest BCUT2D eigenvalue weighted by atomic mass is 15.5. The average molecular weight is 383 g/mol. The number of benzene rings is 3. The molecule has 0 saturated carbocycles. The number of nitrogens with one attached hydrogen (secondary N) is 1. The summed E-state index contributed by atoms with van der Waals surface area (Å²) in [7, 11) is 0. The van der Waals surface area contributed by atoms with Gasteiger partial charge in [-0.1, -0.05) is 84.4 Å². The van der Waals surface area contributed by atoms with Crippen LogP contribution in [0, 0.1) is 13.8 Å². The second kappa shape index (κ2) is 8.84. The van der Waals surface area contributed by atoms with Crippen molar-refractivity contribution in [3.8, 4) is 11.3 Å². The fourth-order valence-corrected chi connectivity index (χ4v) is 3.36. The summed E-state index contributed by atoms with van der Waals surface area (Å²) >= 11 is 0. The van der Waals surface area contributed by atoms with Crippen LogP contribution in [0.1, 0.15) is 27.9 Å². The van der Waals surface area contributed by atoms with Crippen molar-refractivity contribution in [2.75, 3.05) is 0 Å². The maximum Gasteiger partial charge on any atom is 0.117 e. The molecule has 3 aromatic carbocycles. The van der Waals surface area contributed by atoms with Gasteiger partial charge in [0.05, 0.1) is 6.54 Å². The van der Waals surface area contributed by atoms with Crippen LogP contribution in [0.15, 0.2) is 78.9 Å². The molecule has 0 aliphatic rings. The molecule has 0 aliphatic heterocycles. The first-order valence-corrected chi connectivity index (χ1v) is 9.99. The zero-order valence-corrected chi connectivity index (χ0v) is 17.0. The second-order valence-electron chi connectivity index (χ2n) is 7.41. The van der Waals surface area contributed by atoms with Gasteiger partial charge >= 0.3 is 0 Å². The third-order valence-corrected chi connectivity index (χ3v) is 5.09. The van der Waals surface area contributed by atoms with E-state index in [9.17, 15) is 0 Å². The summed E-state index contributed by atoms with van der Waals surface area (Å²) in [5.74, 6) is 0. The van der Waals surface area contributed by atoms with E-state index < -0.39 is 0 Å².